The summed E-state index contributed by atoms with van der Waals surface area (Å²) in [6, 6.07) is 0. The summed E-state index contributed by atoms with van der Waals surface area (Å²) in [7, 11) is 0. The van der Waals surface area contributed by atoms with Crippen LogP contribution in [0.4, 0.5) is 0 Å². The molecule has 0 aromatic rings. The van der Waals surface area contributed by atoms with Crippen molar-refractivity contribution in [3.05, 3.63) is 12.2 Å². The standard InChI is InChI=1S/C12H15IO4/c13-6-12(16)17-10(5-11(14)15)9-4-7-1-2-8(9)3-7/h1-2,7-10H,3-6H2,(H,14,15). The number of fused-ring (bicyclic) bond motifs is 2. The largest absolute Gasteiger partial charge is 0.481 e. The zero-order valence-corrected chi connectivity index (χ0v) is 11.5. The lowest BCUT2D eigenvalue weighted by atomic mass is 9.87. The average molecular weight is 350 g/mol. The molecular weight excluding hydrogens is 335 g/mol. The van der Waals surface area contributed by atoms with Gasteiger partial charge in [-0.1, -0.05) is 34.7 Å². The number of ether oxygens (including phenoxy) is 1. The smallest absolute Gasteiger partial charge is 0.316 e. The van der Waals surface area contributed by atoms with E-state index in [1.807, 2.05) is 22.6 Å². The summed E-state index contributed by atoms with van der Waals surface area (Å²) in [5.74, 6) is -0.0782. The number of hydrogen-bond acceptors (Lipinski definition) is 3. The van der Waals surface area contributed by atoms with Crippen LogP contribution in [0.15, 0.2) is 12.2 Å². The van der Waals surface area contributed by atoms with Gasteiger partial charge in [0.1, 0.15) is 6.10 Å². The number of hydrogen-bond donors (Lipinski definition) is 1. The second-order valence-electron chi connectivity index (χ2n) is 4.70. The highest BCUT2D eigenvalue weighted by molar-refractivity contribution is 14.1. The lowest BCUT2D eigenvalue weighted by Gasteiger charge is -2.27. The molecule has 2 aliphatic carbocycles. The van der Waals surface area contributed by atoms with Crippen LogP contribution in [0, 0.1) is 17.8 Å². The van der Waals surface area contributed by atoms with E-state index in [2.05, 4.69) is 12.2 Å². The molecule has 4 unspecified atom stereocenters. The van der Waals surface area contributed by atoms with Crippen LogP contribution < -0.4 is 0 Å². The molecule has 0 radical (unpaired) electrons. The highest BCUT2D eigenvalue weighted by atomic mass is 127. The number of alkyl halides is 1. The summed E-state index contributed by atoms with van der Waals surface area (Å²) in [5.41, 5.74) is 0. The van der Waals surface area contributed by atoms with Crippen LogP contribution in [0.3, 0.4) is 0 Å². The Kier molecular flexibility index (Phi) is 4.06. The summed E-state index contributed by atoms with van der Waals surface area (Å²) in [6.45, 7) is 0. The van der Waals surface area contributed by atoms with Crippen molar-refractivity contribution in [1.82, 2.24) is 0 Å². The summed E-state index contributed by atoms with van der Waals surface area (Å²) in [6.07, 6.45) is 5.83. The van der Waals surface area contributed by atoms with Crippen molar-refractivity contribution in [3.63, 3.8) is 0 Å². The number of carboxylic acid groups (broad SMARTS) is 1. The lowest BCUT2D eigenvalue weighted by Crippen LogP contribution is -2.32. The molecule has 94 valence electrons. The van der Waals surface area contributed by atoms with Crippen molar-refractivity contribution >= 4 is 34.5 Å². The van der Waals surface area contributed by atoms with Crippen molar-refractivity contribution in [2.75, 3.05) is 4.43 Å². The van der Waals surface area contributed by atoms with Crippen LogP contribution >= 0.6 is 22.6 Å². The molecule has 0 aliphatic heterocycles. The molecule has 0 aromatic carbocycles. The Hall–Kier alpha value is -0.590. The van der Waals surface area contributed by atoms with Gasteiger partial charge in [-0.25, -0.2) is 0 Å². The fourth-order valence-electron chi connectivity index (χ4n) is 2.90. The van der Waals surface area contributed by atoms with Gasteiger partial charge in [-0.3, -0.25) is 9.59 Å². The summed E-state index contributed by atoms with van der Waals surface area (Å²) in [5, 5.41) is 8.89. The highest BCUT2D eigenvalue weighted by Crippen LogP contribution is 2.46. The van der Waals surface area contributed by atoms with Gasteiger partial charge in [0, 0.05) is 5.92 Å². The minimum absolute atomic E-state index is 0.0793. The van der Waals surface area contributed by atoms with Crippen molar-refractivity contribution in [3.8, 4) is 0 Å². The van der Waals surface area contributed by atoms with Gasteiger partial charge in [0.15, 0.2) is 0 Å². The molecule has 2 bridgehead atoms. The van der Waals surface area contributed by atoms with E-state index in [1.165, 1.54) is 0 Å². The molecule has 0 aromatic heterocycles. The molecule has 2 rings (SSSR count). The topological polar surface area (TPSA) is 63.6 Å². The SMILES string of the molecule is O=C(O)CC(OC(=O)CI)C1CC2C=CC1C2. The molecule has 1 fully saturated rings. The first kappa shape index (κ1) is 12.9. The Labute approximate surface area is 114 Å². The number of rotatable bonds is 5. The van der Waals surface area contributed by atoms with E-state index in [1.54, 1.807) is 0 Å². The third kappa shape index (κ3) is 3.00. The molecule has 0 spiro atoms. The van der Waals surface area contributed by atoms with Crippen LogP contribution in [0.2, 0.25) is 0 Å². The van der Waals surface area contributed by atoms with E-state index in [0.717, 1.165) is 12.8 Å². The first-order valence-electron chi connectivity index (χ1n) is 5.75. The monoisotopic (exact) mass is 350 g/mol. The summed E-state index contributed by atoms with van der Waals surface area (Å²) < 4.78 is 5.55. The zero-order chi connectivity index (χ0) is 12.4. The van der Waals surface area contributed by atoms with Gasteiger partial charge in [-0.05, 0) is 24.7 Å². The summed E-state index contributed by atoms with van der Waals surface area (Å²) >= 11 is 1.93. The van der Waals surface area contributed by atoms with Crippen molar-refractivity contribution in [2.45, 2.75) is 25.4 Å². The number of carboxylic acids is 1. The lowest BCUT2D eigenvalue weighted by molar-refractivity contribution is -0.153. The first-order valence-corrected chi connectivity index (χ1v) is 7.28. The maximum atomic E-state index is 11.3. The maximum Gasteiger partial charge on any atom is 0.316 e. The average Bonchev–Trinajstić information content (AvgIpc) is 2.88. The Bertz CT molecular complexity index is 352. The summed E-state index contributed by atoms with van der Waals surface area (Å²) in [4.78, 5) is 22.2. The number of esters is 1. The van der Waals surface area contributed by atoms with E-state index in [0.29, 0.717) is 11.8 Å². The van der Waals surface area contributed by atoms with Crippen LogP contribution in [-0.2, 0) is 14.3 Å². The maximum absolute atomic E-state index is 11.3. The number of aliphatic carboxylic acids is 1. The van der Waals surface area contributed by atoms with E-state index in [9.17, 15) is 9.59 Å². The van der Waals surface area contributed by atoms with Crippen molar-refractivity contribution in [2.24, 2.45) is 17.8 Å². The molecule has 17 heavy (non-hydrogen) atoms. The predicted molar refractivity (Wildman–Crippen MR) is 69.9 cm³/mol. The van der Waals surface area contributed by atoms with E-state index < -0.39 is 12.1 Å². The fourth-order valence-corrected chi connectivity index (χ4v) is 3.08. The van der Waals surface area contributed by atoms with E-state index >= 15 is 0 Å². The normalized spacial score (nSPS) is 31.5. The van der Waals surface area contributed by atoms with Gasteiger partial charge in [-0.15, -0.1) is 0 Å². The Morgan fingerprint density at radius 1 is 1.41 bits per heavy atom. The molecule has 1 saturated carbocycles. The number of halogens is 1. The molecule has 1 N–H and O–H groups in total. The van der Waals surface area contributed by atoms with Crippen molar-refractivity contribution in [1.29, 1.82) is 0 Å². The Morgan fingerprint density at radius 3 is 2.65 bits per heavy atom. The number of allylic oxidation sites excluding steroid dienone is 2. The number of carbonyl (C=O) groups is 2. The molecule has 4 nitrogen and oxygen atoms in total. The van der Waals surface area contributed by atoms with Crippen LogP contribution in [0.1, 0.15) is 19.3 Å². The van der Waals surface area contributed by atoms with Gasteiger partial charge in [0.25, 0.3) is 0 Å². The highest BCUT2D eigenvalue weighted by Gasteiger charge is 2.42. The molecule has 0 amide bonds. The van der Waals surface area contributed by atoms with Gasteiger partial charge < -0.3 is 9.84 Å². The third-order valence-electron chi connectivity index (χ3n) is 3.58. The molecule has 0 saturated heterocycles. The fraction of sp³-hybridized carbons (Fsp3) is 0.667. The van der Waals surface area contributed by atoms with Gasteiger partial charge in [-0.2, -0.15) is 0 Å². The van der Waals surface area contributed by atoms with Crippen LogP contribution in [0.5, 0.6) is 0 Å². The molecule has 2 aliphatic rings. The second-order valence-corrected chi connectivity index (χ2v) is 5.47. The van der Waals surface area contributed by atoms with Crippen LogP contribution in [0.25, 0.3) is 0 Å². The van der Waals surface area contributed by atoms with Gasteiger partial charge >= 0.3 is 11.9 Å². The Morgan fingerprint density at radius 2 is 2.18 bits per heavy atom. The Balaban J connectivity index is 2.02. The van der Waals surface area contributed by atoms with E-state index in [4.69, 9.17) is 9.84 Å². The third-order valence-corrected chi connectivity index (χ3v) is 4.20. The number of carbonyl (C=O) groups excluding carboxylic acids is 1. The minimum atomic E-state index is -0.900. The van der Waals surface area contributed by atoms with Gasteiger partial charge in [0.05, 0.1) is 10.8 Å². The first-order chi connectivity index (χ1) is 8.10. The molecule has 4 atom stereocenters. The van der Waals surface area contributed by atoms with Gasteiger partial charge in [0.2, 0.25) is 0 Å². The zero-order valence-electron chi connectivity index (χ0n) is 9.34. The van der Waals surface area contributed by atoms with Crippen molar-refractivity contribution < 1.29 is 19.4 Å². The predicted octanol–water partition coefficient (Wildman–Crippen LogP) is 2.02. The van der Waals surface area contributed by atoms with E-state index in [-0.39, 0.29) is 22.7 Å². The minimum Gasteiger partial charge on any atom is -0.481 e. The quantitative estimate of drug-likeness (QED) is 0.357. The molecular formula is C12H15IO4. The van der Waals surface area contributed by atoms with Crippen LogP contribution in [-0.4, -0.2) is 27.6 Å². The second kappa shape index (κ2) is 5.37. The molecule has 0 heterocycles. The molecule has 5 heteroatoms.